The molecule has 2 amide bonds. The van der Waals surface area contributed by atoms with Gasteiger partial charge in [0.05, 0.1) is 30.6 Å². The Balaban J connectivity index is 1.98. The number of nitro groups is 1. The number of methoxy groups -OCH3 is 1. The maximum Gasteiger partial charge on any atom is 0.296 e. The lowest BCUT2D eigenvalue weighted by molar-refractivity contribution is -0.384. The van der Waals surface area contributed by atoms with Gasteiger partial charge in [-0.3, -0.25) is 24.6 Å². The first kappa shape index (κ1) is 19.6. The van der Waals surface area contributed by atoms with Gasteiger partial charge in [-0.15, -0.1) is 0 Å². The average Bonchev–Trinajstić information content (AvgIpc) is 2.62. The van der Waals surface area contributed by atoms with Crippen LogP contribution in [0.2, 0.25) is 0 Å². The Morgan fingerprint density at radius 2 is 2.19 bits per heavy atom. The highest BCUT2D eigenvalue weighted by atomic mass is 16.6. The molecule has 0 bridgehead atoms. The monoisotopic (exact) mass is 364 g/mol. The maximum atomic E-state index is 12.3. The summed E-state index contributed by atoms with van der Waals surface area (Å²) in [4.78, 5) is 36.8. The van der Waals surface area contributed by atoms with E-state index in [0.29, 0.717) is 25.4 Å². The third-order valence-electron chi connectivity index (χ3n) is 4.27. The lowest BCUT2D eigenvalue weighted by atomic mass is 9.97. The first-order valence-corrected chi connectivity index (χ1v) is 8.57. The van der Waals surface area contributed by atoms with Gasteiger partial charge in [0.25, 0.3) is 5.69 Å². The molecule has 26 heavy (non-hydrogen) atoms. The summed E-state index contributed by atoms with van der Waals surface area (Å²) in [6.07, 6.45) is 1.63. The van der Waals surface area contributed by atoms with Gasteiger partial charge in [-0.2, -0.15) is 0 Å². The molecule has 1 aliphatic heterocycles. The summed E-state index contributed by atoms with van der Waals surface area (Å²) in [7, 11) is 1.42. The summed E-state index contributed by atoms with van der Waals surface area (Å²) in [6.45, 7) is 3.75. The molecular weight excluding hydrogens is 340 g/mol. The molecule has 9 heteroatoms. The van der Waals surface area contributed by atoms with Crippen LogP contribution in [0.1, 0.15) is 19.8 Å². The van der Waals surface area contributed by atoms with Gasteiger partial charge >= 0.3 is 0 Å². The van der Waals surface area contributed by atoms with Gasteiger partial charge < -0.3 is 15.4 Å². The molecule has 0 saturated carbocycles. The molecule has 2 rings (SSSR count). The second-order valence-electron chi connectivity index (χ2n) is 6.16. The van der Waals surface area contributed by atoms with Crippen LogP contribution in [0.25, 0.3) is 0 Å². The Labute approximate surface area is 151 Å². The van der Waals surface area contributed by atoms with Crippen molar-refractivity contribution in [3.63, 3.8) is 0 Å². The molecule has 9 nitrogen and oxygen atoms in total. The number of hydrogen-bond acceptors (Lipinski definition) is 6. The van der Waals surface area contributed by atoms with Crippen molar-refractivity contribution in [1.29, 1.82) is 0 Å². The van der Waals surface area contributed by atoms with E-state index in [9.17, 15) is 19.7 Å². The molecule has 1 saturated heterocycles. The van der Waals surface area contributed by atoms with Crippen molar-refractivity contribution in [3.05, 3.63) is 28.3 Å². The van der Waals surface area contributed by atoms with Crippen LogP contribution < -0.4 is 15.4 Å². The van der Waals surface area contributed by atoms with Crippen LogP contribution in [-0.4, -0.2) is 54.9 Å². The number of amides is 2. The summed E-state index contributed by atoms with van der Waals surface area (Å²) in [5.74, 6) is -0.138. The van der Waals surface area contributed by atoms with E-state index in [1.165, 1.54) is 19.2 Å². The maximum absolute atomic E-state index is 12.3. The topological polar surface area (TPSA) is 114 Å². The number of benzene rings is 1. The number of nitro benzene ring substituents is 1. The fourth-order valence-electron chi connectivity index (χ4n) is 3.02. The fraction of sp³-hybridized carbons (Fsp3) is 0.529. The van der Waals surface area contributed by atoms with E-state index in [-0.39, 0.29) is 35.7 Å². The van der Waals surface area contributed by atoms with Crippen LogP contribution >= 0.6 is 0 Å². The second kappa shape index (κ2) is 9.14. The van der Waals surface area contributed by atoms with E-state index in [2.05, 4.69) is 10.6 Å². The predicted molar refractivity (Wildman–Crippen MR) is 96.1 cm³/mol. The molecule has 2 N–H and O–H groups in total. The van der Waals surface area contributed by atoms with E-state index in [0.717, 1.165) is 12.8 Å². The highest BCUT2D eigenvalue weighted by Crippen LogP contribution is 2.29. The van der Waals surface area contributed by atoms with Crippen molar-refractivity contribution in [2.24, 2.45) is 5.92 Å². The number of piperidine rings is 1. The van der Waals surface area contributed by atoms with E-state index >= 15 is 0 Å². The lowest BCUT2D eigenvalue weighted by Crippen LogP contribution is -2.45. The largest absolute Gasteiger partial charge is 0.496 e. The Morgan fingerprint density at radius 3 is 2.85 bits per heavy atom. The Kier molecular flexibility index (Phi) is 6.90. The van der Waals surface area contributed by atoms with Gasteiger partial charge in [-0.25, -0.2) is 0 Å². The van der Waals surface area contributed by atoms with Crippen molar-refractivity contribution >= 4 is 23.2 Å². The third kappa shape index (κ3) is 5.16. The van der Waals surface area contributed by atoms with Crippen molar-refractivity contribution < 1.29 is 19.2 Å². The van der Waals surface area contributed by atoms with Gasteiger partial charge in [0, 0.05) is 13.1 Å². The number of ether oxygens (including phenoxy) is 1. The molecule has 1 atom stereocenters. The molecule has 1 aromatic carbocycles. The van der Waals surface area contributed by atoms with Crippen molar-refractivity contribution in [2.45, 2.75) is 19.8 Å². The van der Waals surface area contributed by atoms with E-state index in [4.69, 9.17) is 4.74 Å². The number of likely N-dealkylation sites (tertiary alicyclic amines) is 1. The number of anilines is 1. The summed E-state index contributed by atoms with van der Waals surface area (Å²) >= 11 is 0. The molecule has 1 fully saturated rings. The zero-order chi connectivity index (χ0) is 19.1. The van der Waals surface area contributed by atoms with Crippen LogP contribution in [0.15, 0.2) is 18.2 Å². The standard InChI is InChI=1S/C17H24N4O5/c1-3-18-17(23)12-5-4-8-20(10-12)11-16(22)19-14-7-6-13(26-2)9-15(14)21(24)25/h6-7,9,12H,3-5,8,10-11H2,1-2H3,(H,18,23)(H,19,22). The van der Waals surface area contributed by atoms with Gasteiger partial charge in [-0.1, -0.05) is 0 Å². The Bertz CT molecular complexity index is 679. The van der Waals surface area contributed by atoms with Crippen LogP contribution in [0.3, 0.4) is 0 Å². The predicted octanol–water partition coefficient (Wildman–Crippen LogP) is 1.39. The molecule has 1 aliphatic rings. The summed E-state index contributed by atoms with van der Waals surface area (Å²) in [5, 5.41) is 16.6. The minimum absolute atomic E-state index is 0.00315. The first-order chi connectivity index (χ1) is 12.4. The SMILES string of the molecule is CCNC(=O)C1CCCN(CC(=O)Nc2ccc(OC)cc2[N+](=O)[O-])C1. The van der Waals surface area contributed by atoms with Gasteiger partial charge in [0.2, 0.25) is 11.8 Å². The van der Waals surface area contributed by atoms with Crippen molar-refractivity contribution in [2.75, 3.05) is 38.6 Å². The molecule has 1 heterocycles. The third-order valence-corrected chi connectivity index (χ3v) is 4.27. The molecule has 142 valence electrons. The zero-order valence-electron chi connectivity index (χ0n) is 15.0. The molecule has 0 aromatic heterocycles. The molecule has 0 aliphatic carbocycles. The summed E-state index contributed by atoms with van der Waals surface area (Å²) in [5.41, 5.74) is -0.102. The minimum Gasteiger partial charge on any atom is -0.496 e. The van der Waals surface area contributed by atoms with Crippen molar-refractivity contribution in [3.8, 4) is 5.75 Å². The molecule has 0 spiro atoms. The number of hydrogen-bond donors (Lipinski definition) is 2. The molecule has 0 radical (unpaired) electrons. The van der Waals surface area contributed by atoms with Gasteiger partial charge in [0.1, 0.15) is 11.4 Å². The minimum atomic E-state index is -0.565. The van der Waals surface area contributed by atoms with Crippen LogP contribution in [0, 0.1) is 16.0 Å². The number of nitrogens with one attached hydrogen (secondary N) is 2. The summed E-state index contributed by atoms with van der Waals surface area (Å²) < 4.78 is 4.98. The van der Waals surface area contributed by atoms with Crippen LogP contribution in [0.5, 0.6) is 5.75 Å². The van der Waals surface area contributed by atoms with Crippen LogP contribution in [0.4, 0.5) is 11.4 Å². The molecule has 1 unspecified atom stereocenters. The smallest absolute Gasteiger partial charge is 0.296 e. The number of carbonyl (C=O) groups is 2. The average molecular weight is 364 g/mol. The van der Waals surface area contributed by atoms with Gasteiger partial charge in [0.15, 0.2) is 0 Å². The second-order valence-corrected chi connectivity index (χ2v) is 6.16. The van der Waals surface area contributed by atoms with E-state index < -0.39 is 4.92 Å². The van der Waals surface area contributed by atoms with Crippen LogP contribution in [-0.2, 0) is 9.59 Å². The number of carbonyl (C=O) groups excluding carboxylic acids is 2. The molecule has 1 aromatic rings. The molecular formula is C17H24N4O5. The Hall–Kier alpha value is -2.68. The summed E-state index contributed by atoms with van der Waals surface area (Å²) in [6, 6.07) is 4.26. The van der Waals surface area contributed by atoms with Crippen molar-refractivity contribution in [1.82, 2.24) is 10.2 Å². The lowest BCUT2D eigenvalue weighted by Gasteiger charge is -2.31. The number of rotatable bonds is 7. The quantitative estimate of drug-likeness (QED) is 0.558. The number of nitrogens with zero attached hydrogens (tertiary/aromatic N) is 2. The first-order valence-electron chi connectivity index (χ1n) is 8.57. The normalized spacial score (nSPS) is 17.4. The highest BCUT2D eigenvalue weighted by molar-refractivity contribution is 5.94. The highest BCUT2D eigenvalue weighted by Gasteiger charge is 2.27. The van der Waals surface area contributed by atoms with E-state index in [1.54, 1.807) is 6.07 Å². The zero-order valence-corrected chi connectivity index (χ0v) is 15.0. The fourth-order valence-corrected chi connectivity index (χ4v) is 3.02. The Morgan fingerprint density at radius 1 is 1.42 bits per heavy atom. The van der Waals surface area contributed by atoms with E-state index in [1.807, 2.05) is 11.8 Å². The van der Waals surface area contributed by atoms with Gasteiger partial charge in [-0.05, 0) is 38.4 Å².